The average Bonchev–Trinajstić information content (AvgIpc) is 2.29. The van der Waals surface area contributed by atoms with Crippen LogP contribution in [0.5, 0.6) is 0 Å². The first-order chi connectivity index (χ1) is 7.60. The van der Waals surface area contributed by atoms with Gasteiger partial charge in [-0.2, -0.15) is 0 Å². The lowest BCUT2D eigenvalue weighted by molar-refractivity contribution is -0.138. The smallest absolute Gasteiger partial charge is 0.325 e. The van der Waals surface area contributed by atoms with E-state index in [-0.39, 0.29) is 18.1 Å². The largest absolute Gasteiger partial charge is 0.468 e. The van der Waals surface area contributed by atoms with E-state index in [1.54, 1.807) is 13.8 Å². The molecule has 0 amide bonds. The minimum absolute atomic E-state index is 0.0274. The molecule has 0 aliphatic heterocycles. The molecule has 0 atom stereocenters. The number of hydrogen-bond acceptors (Lipinski definition) is 5. The van der Waals surface area contributed by atoms with Crippen LogP contribution in [0.2, 0.25) is 0 Å². The fraction of sp³-hybridized carbons (Fsp3) is 0.500. The Morgan fingerprint density at radius 3 is 2.81 bits per heavy atom. The normalized spacial score (nSPS) is 10.0. The van der Waals surface area contributed by atoms with Gasteiger partial charge in [0.15, 0.2) is 11.6 Å². The maximum absolute atomic E-state index is 13.7. The van der Waals surface area contributed by atoms with Crippen molar-refractivity contribution in [2.45, 2.75) is 13.8 Å². The highest BCUT2D eigenvalue weighted by molar-refractivity contribution is 5.75. The summed E-state index contributed by atoms with van der Waals surface area (Å²) in [4.78, 5) is 20.2. The van der Waals surface area contributed by atoms with Crippen molar-refractivity contribution in [3.8, 4) is 0 Å². The number of aromatic nitrogens is 2. The molecule has 0 aliphatic carbocycles. The van der Waals surface area contributed by atoms with E-state index in [0.717, 1.165) is 0 Å². The molecule has 5 nitrogen and oxygen atoms in total. The van der Waals surface area contributed by atoms with Gasteiger partial charge in [0, 0.05) is 6.54 Å². The van der Waals surface area contributed by atoms with Crippen molar-refractivity contribution >= 4 is 11.8 Å². The zero-order valence-corrected chi connectivity index (χ0v) is 9.53. The molecule has 16 heavy (non-hydrogen) atoms. The Hall–Kier alpha value is -1.72. The van der Waals surface area contributed by atoms with Crippen LogP contribution in [0.25, 0.3) is 0 Å². The van der Waals surface area contributed by atoms with Gasteiger partial charge >= 0.3 is 5.97 Å². The zero-order valence-electron chi connectivity index (χ0n) is 9.53. The fourth-order valence-corrected chi connectivity index (χ4v) is 1.22. The third-order valence-electron chi connectivity index (χ3n) is 2.17. The summed E-state index contributed by atoms with van der Waals surface area (Å²) in [6.07, 6.45) is 1.27. The summed E-state index contributed by atoms with van der Waals surface area (Å²) < 4.78 is 18.2. The second-order valence-corrected chi connectivity index (χ2v) is 3.19. The quantitative estimate of drug-likeness (QED) is 0.716. The molecule has 1 aromatic rings. The summed E-state index contributed by atoms with van der Waals surface area (Å²) in [5.41, 5.74) is 0.258. The highest BCUT2D eigenvalue weighted by atomic mass is 19.1. The lowest BCUT2D eigenvalue weighted by Gasteiger charge is -2.20. The molecule has 0 aliphatic rings. The molecular weight excluding hydrogens is 213 g/mol. The monoisotopic (exact) mass is 227 g/mol. The number of halogens is 1. The molecule has 1 aromatic heterocycles. The molecule has 88 valence electrons. The number of rotatable bonds is 4. The van der Waals surface area contributed by atoms with Crippen LogP contribution in [0.4, 0.5) is 10.2 Å². The van der Waals surface area contributed by atoms with E-state index in [1.165, 1.54) is 18.3 Å². The Bertz CT molecular complexity index is 384. The molecule has 1 rings (SSSR count). The van der Waals surface area contributed by atoms with Crippen LogP contribution in [0.15, 0.2) is 6.33 Å². The first kappa shape index (κ1) is 12.4. The molecule has 0 saturated carbocycles. The van der Waals surface area contributed by atoms with Gasteiger partial charge in [0.05, 0.1) is 12.8 Å². The van der Waals surface area contributed by atoms with Crippen molar-refractivity contribution in [1.29, 1.82) is 0 Å². The number of carbonyl (C=O) groups is 1. The predicted octanol–water partition coefficient (Wildman–Crippen LogP) is 0.923. The predicted molar refractivity (Wildman–Crippen MR) is 56.6 cm³/mol. The molecule has 0 saturated heterocycles. The van der Waals surface area contributed by atoms with Crippen molar-refractivity contribution < 1.29 is 13.9 Å². The van der Waals surface area contributed by atoms with Gasteiger partial charge in [-0.05, 0) is 13.8 Å². The van der Waals surface area contributed by atoms with Crippen molar-refractivity contribution in [3.63, 3.8) is 0 Å². The lowest BCUT2D eigenvalue weighted by atomic mass is 10.3. The number of carbonyl (C=O) groups excluding carboxylic acids is 1. The van der Waals surface area contributed by atoms with E-state index in [1.807, 2.05) is 0 Å². The van der Waals surface area contributed by atoms with Crippen molar-refractivity contribution in [1.82, 2.24) is 9.97 Å². The molecule has 6 heteroatoms. The number of likely N-dealkylation sites (N-methyl/N-ethyl adjacent to an activating group) is 1. The number of hydrogen-bond donors (Lipinski definition) is 0. The number of aryl methyl sites for hydroxylation is 1. The number of anilines is 1. The van der Waals surface area contributed by atoms with Gasteiger partial charge in [0.25, 0.3) is 0 Å². The molecule has 0 bridgehead atoms. The van der Waals surface area contributed by atoms with Gasteiger partial charge in [-0.15, -0.1) is 0 Å². The molecule has 0 spiro atoms. The van der Waals surface area contributed by atoms with Gasteiger partial charge in [-0.25, -0.2) is 14.4 Å². The molecule has 0 fully saturated rings. The van der Waals surface area contributed by atoms with E-state index in [9.17, 15) is 9.18 Å². The summed E-state index contributed by atoms with van der Waals surface area (Å²) >= 11 is 0. The molecule has 0 aromatic carbocycles. The van der Waals surface area contributed by atoms with Crippen LogP contribution in [-0.2, 0) is 9.53 Å². The summed E-state index contributed by atoms with van der Waals surface area (Å²) in [5, 5.41) is 0. The van der Waals surface area contributed by atoms with Crippen LogP contribution >= 0.6 is 0 Å². The highest BCUT2D eigenvalue weighted by Gasteiger charge is 2.17. The number of esters is 1. The van der Waals surface area contributed by atoms with Gasteiger partial charge < -0.3 is 9.64 Å². The molecular formula is C10H14FN3O2. The van der Waals surface area contributed by atoms with Crippen LogP contribution in [-0.4, -0.2) is 36.1 Å². The first-order valence-corrected chi connectivity index (χ1v) is 4.89. The van der Waals surface area contributed by atoms with Crippen molar-refractivity contribution in [3.05, 3.63) is 17.8 Å². The first-order valence-electron chi connectivity index (χ1n) is 4.89. The maximum atomic E-state index is 13.7. The van der Waals surface area contributed by atoms with Crippen molar-refractivity contribution in [2.24, 2.45) is 0 Å². The number of ether oxygens (including phenoxy) is 1. The molecule has 0 N–H and O–H groups in total. The Labute approximate surface area is 93.3 Å². The summed E-state index contributed by atoms with van der Waals surface area (Å²) in [7, 11) is 1.29. The van der Waals surface area contributed by atoms with Crippen molar-refractivity contribution in [2.75, 3.05) is 25.1 Å². The average molecular weight is 227 g/mol. The highest BCUT2D eigenvalue weighted by Crippen LogP contribution is 2.16. The lowest BCUT2D eigenvalue weighted by Crippen LogP contribution is -2.32. The van der Waals surface area contributed by atoms with Crippen LogP contribution < -0.4 is 4.90 Å². The third kappa shape index (κ3) is 2.65. The van der Waals surface area contributed by atoms with Crippen LogP contribution in [0.3, 0.4) is 0 Å². The second kappa shape index (κ2) is 5.39. The Morgan fingerprint density at radius 2 is 2.25 bits per heavy atom. The van der Waals surface area contributed by atoms with Gasteiger partial charge in [-0.1, -0.05) is 0 Å². The Kier molecular flexibility index (Phi) is 4.16. The van der Waals surface area contributed by atoms with Gasteiger partial charge in [0.1, 0.15) is 12.9 Å². The van der Waals surface area contributed by atoms with Gasteiger partial charge in [-0.3, -0.25) is 4.79 Å². The van der Waals surface area contributed by atoms with Crippen LogP contribution in [0, 0.1) is 12.7 Å². The number of methoxy groups -OCH3 is 1. The molecule has 0 radical (unpaired) electrons. The van der Waals surface area contributed by atoms with Crippen LogP contribution in [0.1, 0.15) is 12.6 Å². The van der Waals surface area contributed by atoms with E-state index < -0.39 is 11.8 Å². The van der Waals surface area contributed by atoms with E-state index in [2.05, 4.69) is 14.7 Å². The summed E-state index contributed by atoms with van der Waals surface area (Å²) in [5.74, 6) is -0.814. The minimum Gasteiger partial charge on any atom is -0.468 e. The summed E-state index contributed by atoms with van der Waals surface area (Å²) in [6.45, 7) is 3.79. The Balaban J connectivity index is 2.95. The SMILES string of the molecule is CCN(CC(=O)OC)c1ncnc(C)c1F. The molecule has 1 heterocycles. The third-order valence-corrected chi connectivity index (χ3v) is 2.17. The van der Waals surface area contributed by atoms with Gasteiger partial charge in [0.2, 0.25) is 0 Å². The standard InChI is InChI=1S/C10H14FN3O2/c1-4-14(5-8(15)16-3)10-9(11)7(2)12-6-13-10/h6H,4-5H2,1-3H3. The fourth-order valence-electron chi connectivity index (χ4n) is 1.22. The van der Waals surface area contributed by atoms with E-state index in [4.69, 9.17) is 0 Å². The second-order valence-electron chi connectivity index (χ2n) is 3.19. The van der Waals surface area contributed by atoms with E-state index in [0.29, 0.717) is 6.54 Å². The minimum atomic E-state index is -0.506. The number of nitrogens with zero attached hydrogens (tertiary/aromatic N) is 3. The maximum Gasteiger partial charge on any atom is 0.325 e. The Morgan fingerprint density at radius 1 is 1.56 bits per heavy atom. The topological polar surface area (TPSA) is 55.3 Å². The van der Waals surface area contributed by atoms with E-state index >= 15 is 0 Å². The summed E-state index contributed by atoms with van der Waals surface area (Å²) in [6, 6.07) is 0. The molecule has 0 unspecified atom stereocenters. The zero-order chi connectivity index (χ0) is 12.1.